The number of hydrogen-bond donors (Lipinski definition) is 1. The fourth-order valence-electron chi connectivity index (χ4n) is 3.24. The van der Waals surface area contributed by atoms with Gasteiger partial charge in [-0.25, -0.2) is 9.97 Å². The topological polar surface area (TPSA) is 58.1 Å². The van der Waals surface area contributed by atoms with E-state index in [2.05, 4.69) is 27.1 Å². The number of anilines is 2. The summed E-state index contributed by atoms with van der Waals surface area (Å²) in [6.45, 7) is 10.1. The summed E-state index contributed by atoms with van der Waals surface area (Å²) in [5, 5.41) is 2.99. The zero-order chi connectivity index (χ0) is 18.0. The Kier molecular flexibility index (Phi) is 5.02. The van der Waals surface area contributed by atoms with Crippen molar-refractivity contribution in [2.75, 3.05) is 23.3 Å². The molecular weight excluding hydrogens is 312 g/mol. The number of aryl methyl sites for hydroxylation is 3. The first-order valence-corrected chi connectivity index (χ1v) is 8.91. The second-order valence-electron chi connectivity index (χ2n) is 7.16. The predicted molar refractivity (Wildman–Crippen MR) is 101 cm³/mol. The van der Waals surface area contributed by atoms with Crippen molar-refractivity contribution in [2.24, 2.45) is 5.92 Å². The van der Waals surface area contributed by atoms with E-state index in [1.807, 2.05) is 39.0 Å². The number of carbonyl (C=O) groups excluding carboxylic acids is 1. The Hall–Kier alpha value is -2.43. The van der Waals surface area contributed by atoms with Gasteiger partial charge in [0, 0.05) is 24.5 Å². The number of nitrogens with zero attached hydrogens (tertiary/aromatic N) is 3. The number of amides is 1. The minimum atomic E-state index is -0.189. The average Bonchev–Trinajstić information content (AvgIpc) is 2.57. The van der Waals surface area contributed by atoms with Gasteiger partial charge in [0.25, 0.3) is 5.91 Å². The van der Waals surface area contributed by atoms with Crippen molar-refractivity contribution >= 4 is 17.5 Å². The zero-order valence-electron chi connectivity index (χ0n) is 15.5. The van der Waals surface area contributed by atoms with Crippen LogP contribution in [0.25, 0.3) is 0 Å². The molecule has 1 aliphatic rings. The van der Waals surface area contributed by atoms with Gasteiger partial charge in [0.15, 0.2) is 0 Å². The van der Waals surface area contributed by atoms with Crippen molar-refractivity contribution < 1.29 is 4.79 Å². The largest absolute Gasteiger partial charge is 0.341 e. The highest BCUT2D eigenvalue weighted by atomic mass is 16.1. The molecule has 0 aliphatic carbocycles. The molecule has 132 valence electrons. The van der Waals surface area contributed by atoms with E-state index in [0.717, 1.165) is 42.0 Å². The van der Waals surface area contributed by atoms with Crippen LogP contribution in [-0.2, 0) is 0 Å². The van der Waals surface area contributed by atoms with E-state index < -0.39 is 0 Å². The maximum Gasteiger partial charge on any atom is 0.274 e. The lowest BCUT2D eigenvalue weighted by molar-refractivity contribution is 0.102. The highest BCUT2D eigenvalue weighted by molar-refractivity contribution is 6.03. The van der Waals surface area contributed by atoms with Gasteiger partial charge < -0.3 is 10.2 Å². The molecule has 1 aromatic carbocycles. The molecule has 1 unspecified atom stereocenters. The standard InChI is InChI=1S/C20H26N4O/c1-13-7-8-15(3)17(10-13)22-19(25)18-11-16(4)21-20(23-18)24-9-5-6-14(2)12-24/h7-8,10-11,14H,5-6,9,12H2,1-4H3,(H,22,25). The van der Waals surface area contributed by atoms with Crippen LogP contribution in [-0.4, -0.2) is 29.0 Å². The summed E-state index contributed by atoms with van der Waals surface area (Å²) in [5.41, 5.74) is 4.21. The van der Waals surface area contributed by atoms with Crippen LogP contribution >= 0.6 is 0 Å². The molecule has 1 amide bonds. The maximum absolute atomic E-state index is 12.7. The summed E-state index contributed by atoms with van der Waals surface area (Å²) < 4.78 is 0. The van der Waals surface area contributed by atoms with Crippen LogP contribution in [0.4, 0.5) is 11.6 Å². The third-order valence-electron chi connectivity index (χ3n) is 4.66. The van der Waals surface area contributed by atoms with Crippen molar-refractivity contribution in [1.82, 2.24) is 9.97 Å². The van der Waals surface area contributed by atoms with E-state index in [1.54, 1.807) is 6.07 Å². The molecule has 2 heterocycles. The van der Waals surface area contributed by atoms with Gasteiger partial charge in [0.1, 0.15) is 5.69 Å². The Labute approximate surface area is 149 Å². The lowest BCUT2D eigenvalue weighted by Gasteiger charge is -2.31. The van der Waals surface area contributed by atoms with Crippen LogP contribution in [0.15, 0.2) is 24.3 Å². The second-order valence-corrected chi connectivity index (χ2v) is 7.16. The number of carbonyl (C=O) groups is 1. The second kappa shape index (κ2) is 7.21. The normalized spacial score (nSPS) is 17.4. The first kappa shape index (κ1) is 17.4. The van der Waals surface area contributed by atoms with Gasteiger partial charge in [-0.05, 0) is 62.8 Å². The number of benzene rings is 1. The van der Waals surface area contributed by atoms with Crippen LogP contribution in [0.3, 0.4) is 0 Å². The molecule has 0 spiro atoms. The van der Waals surface area contributed by atoms with Gasteiger partial charge in [0.05, 0.1) is 0 Å². The van der Waals surface area contributed by atoms with E-state index >= 15 is 0 Å². The average molecular weight is 338 g/mol. The molecular formula is C20H26N4O. The Bertz CT molecular complexity index is 787. The van der Waals surface area contributed by atoms with Gasteiger partial charge in [0.2, 0.25) is 5.95 Å². The maximum atomic E-state index is 12.7. The predicted octanol–water partition coefficient (Wildman–Crippen LogP) is 3.89. The minimum Gasteiger partial charge on any atom is -0.341 e. The molecule has 0 bridgehead atoms. The molecule has 3 rings (SSSR count). The molecule has 1 atom stereocenters. The first-order valence-electron chi connectivity index (χ1n) is 8.91. The molecule has 5 heteroatoms. The van der Waals surface area contributed by atoms with E-state index in [0.29, 0.717) is 17.6 Å². The van der Waals surface area contributed by atoms with Crippen molar-refractivity contribution in [3.8, 4) is 0 Å². The molecule has 5 nitrogen and oxygen atoms in total. The van der Waals surface area contributed by atoms with E-state index in [4.69, 9.17) is 0 Å². The SMILES string of the molecule is Cc1ccc(C)c(NC(=O)c2cc(C)nc(N3CCCC(C)C3)n2)c1. The highest BCUT2D eigenvalue weighted by Gasteiger charge is 2.20. The van der Waals surface area contributed by atoms with E-state index in [1.165, 1.54) is 6.42 Å². The molecule has 1 aromatic heterocycles. The van der Waals surface area contributed by atoms with Crippen molar-refractivity contribution in [3.05, 3.63) is 46.8 Å². The number of hydrogen-bond acceptors (Lipinski definition) is 4. The van der Waals surface area contributed by atoms with Crippen molar-refractivity contribution in [1.29, 1.82) is 0 Å². The molecule has 2 aromatic rings. The van der Waals surface area contributed by atoms with Crippen LogP contribution in [0, 0.1) is 26.7 Å². The first-order chi connectivity index (χ1) is 11.9. The number of nitrogens with one attached hydrogen (secondary N) is 1. The van der Waals surface area contributed by atoms with E-state index in [9.17, 15) is 4.79 Å². The lowest BCUT2D eigenvalue weighted by atomic mass is 10.0. The lowest BCUT2D eigenvalue weighted by Crippen LogP contribution is -2.36. The zero-order valence-corrected chi connectivity index (χ0v) is 15.5. The number of piperidine rings is 1. The third kappa shape index (κ3) is 4.16. The molecule has 1 fully saturated rings. The van der Waals surface area contributed by atoms with Crippen LogP contribution in [0.2, 0.25) is 0 Å². The summed E-state index contributed by atoms with van der Waals surface area (Å²) in [6, 6.07) is 7.78. The Morgan fingerprint density at radius 3 is 2.76 bits per heavy atom. The van der Waals surface area contributed by atoms with Gasteiger partial charge in [-0.3, -0.25) is 4.79 Å². The third-order valence-corrected chi connectivity index (χ3v) is 4.66. The molecule has 25 heavy (non-hydrogen) atoms. The van der Waals surface area contributed by atoms with Gasteiger partial charge in [-0.15, -0.1) is 0 Å². The smallest absolute Gasteiger partial charge is 0.274 e. The van der Waals surface area contributed by atoms with Crippen LogP contribution < -0.4 is 10.2 Å². The Balaban J connectivity index is 1.84. The molecule has 1 aliphatic heterocycles. The molecule has 0 saturated carbocycles. The monoisotopic (exact) mass is 338 g/mol. The summed E-state index contributed by atoms with van der Waals surface area (Å²) in [4.78, 5) is 24.0. The van der Waals surface area contributed by atoms with Gasteiger partial charge in [-0.1, -0.05) is 19.1 Å². The Morgan fingerprint density at radius 2 is 2.00 bits per heavy atom. The molecule has 1 N–H and O–H groups in total. The fraction of sp³-hybridized carbons (Fsp3) is 0.450. The van der Waals surface area contributed by atoms with E-state index in [-0.39, 0.29) is 5.91 Å². The minimum absolute atomic E-state index is 0.189. The van der Waals surface area contributed by atoms with Gasteiger partial charge in [-0.2, -0.15) is 0 Å². The fourth-order valence-corrected chi connectivity index (χ4v) is 3.24. The Morgan fingerprint density at radius 1 is 1.20 bits per heavy atom. The summed E-state index contributed by atoms with van der Waals surface area (Å²) in [5.74, 6) is 1.10. The van der Waals surface area contributed by atoms with Crippen LogP contribution in [0.5, 0.6) is 0 Å². The van der Waals surface area contributed by atoms with Crippen LogP contribution in [0.1, 0.15) is 47.1 Å². The summed E-state index contributed by atoms with van der Waals surface area (Å²) in [6.07, 6.45) is 2.38. The summed E-state index contributed by atoms with van der Waals surface area (Å²) >= 11 is 0. The number of aromatic nitrogens is 2. The molecule has 1 saturated heterocycles. The highest BCUT2D eigenvalue weighted by Crippen LogP contribution is 2.21. The molecule has 0 radical (unpaired) electrons. The van der Waals surface area contributed by atoms with Crippen molar-refractivity contribution in [2.45, 2.75) is 40.5 Å². The number of rotatable bonds is 3. The van der Waals surface area contributed by atoms with Crippen molar-refractivity contribution in [3.63, 3.8) is 0 Å². The van der Waals surface area contributed by atoms with Gasteiger partial charge >= 0.3 is 0 Å². The summed E-state index contributed by atoms with van der Waals surface area (Å²) in [7, 11) is 0. The quantitative estimate of drug-likeness (QED) is 0.922.